The van der Waals surface area contributed by atoms with Gasteiger partial charge in [-0.2, -0.15) is 5.26 Å². The zero-order valence-corrected chi connectivity index (χ0v) is 17.9. The number of hydrogen-bond acceptors (Lipinski definition) is 6. The molecule has 2 aromatic heterocycles. The molecule has 1 aromatic carbocycles. The van der Waals surface area contributed by atoms with Crippen LogP contribution in [0.2, 0.25) is 0 Å². The summed E-state index contributed by atoms with van der Waals surface area (Å²) in [6, 6.07) is 9.33. The van der Waals surface area contributed by atoms with Crippen LogP contribution in [-0.2, 0) is 11.3 Å². The largest absolute Gasteiger partial charge is 0.388 e. The summed E-state index contributed by atoms with van der Waals surface area (Å²) < 4.78 is 1.95. The summed E-state index contributed by atoms with van der Waals surface area (Å²) in [5, 5.41) is 15.6. The highest BCUT2D eigenvalue weighted by atomic mass is 16.2. The van der Waals surface area contributed by atoms with Crippen LogP contribution in [-0.4, -0.2) is 46.9 Å². The molecule has 0 spiro atoms. The number of pyridine rings is 1. The number of hydrogen-bond donors (Lipinski definition) is 2. The summed E-state index contributed by atoms with van der Waals surface area (Å²) in [4.78, 5) is 32.2. The number of nitrogens with one attached hydrogen (secondary N) is 2. The highest BCUT2D eigenvalue weighted by Crippen LogP contribution is 2.42. The average molecular weight is 429 g/mol. The van der Waals surface area contributed by atoms with Gasteiger partial charge in [-0.25, -0.2) is 9.78 Å². The van der Waals surface area contributed by atoms with Gasteiger partial charge in [0.05, 0.1) is 29.6 Å². The van der Waals surface area contributed by atoms with E-state index in [1.807, 2.05) is 29.8 Å². The lowest BCUT2D eigenvalue weighted by Crippen LogP contribution is -2.30. The second-order valence-corrected chi connectivity index (χ2v) is 8.23. The number of anilines is 3. The number of urea groups is 1. The standard InChI is InChI=1S/C23H23N7O2/c1-25-17-5-14(9-24)6-18(8-17)26-10-19-12-29-11-16(15-3-4-15)7-20(22(29)27-19)30-13-21(31)28(2)23(30)32/h5-8,11-12,15,25-26H,3-4,10,13H2,1-2H3. The summed E-state index contributed by atoms with van der Waals surface area (Å²) in [5.74, 6) is 0.262. The van der Waals surface area contributed by atoms with Gasteiger partial charge in [-0.05, 0) is 48.6 Å². The molecule has 2 aliphatic rings. The third-order valence-corrected chi connectivity index (χ3v) is 5.95. The lowest BCUT2D eigenvalue weighted by Gasteiger charge is -2.17. The summed E-state index contributed by atoms with van der Waals surface area (Å²) in [7, 11) is 3.31. The minimum atomic E-state index is -0.333. The minimum Gasteiger partial charge on any atom is -0.388 e. The Bertz CT molecular complexity index is 1290. The molecule has 3 aromatic rings. The Morgan fingerprint density at radius 2 is 1.94 bits per heavy atom. The number of benzene rings is 1. The molecule has 5 rings (SSSR count). The van der Waals surface area contributed by atoms with Crippen molar-refractivity contribution in [1.82, 2.24) is 14.3 Å². The van der Waals surface area contributed by atoms with E-state index < -0.39 is 0 Å². The van der Waals surface area contributed by atoms with Crippen LogP contribution < -0.4 is 15.5 Å². The van der Waals surface area contributed by atoms with Crippen LogP contribution in [0.4, 0.5) is 21.9 Å². The molecule has 162 valence electrons. The van der Waals surface area contributed by atoms with Crippen molar-refractivity contribution in [2.45, 2.75) is 25.3 Å². The zero-order chi connectivity index (χ0) is 22.4. The van der Waals surface area contributed by atoms with Crippen LogP contribution in [0.3, 0.4) is 0 Å². The molecule has 3 amide bonds. The molecular formula is C23H23N7O2. The van der Waals surface area contributed by atoms with Gasteiger partial charge in [-0.15, -0.1) is 0 Å². The molecular weight excluding hydrogens is 406 g/mol. The van der Waals surface area contributed by atoms with E-state index in [4.69, 9.17) is 4.98 Å². The third-order valence-electron chi connectivity index (χ3n) is 5.95. The average Bonchev–Trinajstić information content (AvgIpc) is 3.53. The van der Waals surface area contributed by atoms with E-state index in [2.05, 4.69) is 22.9 Å². The molecule has 1 saturated carbocycles. The van der Waals surface area contributed by atoms with E-state index in [1.54, 1.807) is 12.1 Å². The number of likely N-dealkylation sites (N-methyl/N-ethyl adjacent to an activating group) is 1. The van der Waals surface area contributed by atoms with E-state index >= 15 is 0 Å². The summed E-state index contributed by atoms with van der Waals surface area (Å²) in [6.07, 6.45) is 6.26. The van der Waals surface area contributed by atoms with Crippen molar-refractivity contribution in [2.75, 3.05) is 36.2 Å². The number of imidazole rings is 1. The number of fused-ring (bicyclic) bond motifs is 1. The van der Waals surface area contributed by atoms with Crippen molar-refractivity contribution in [3.05, 3.63) is 53.5 Å². The fraction of sp³-hybridized carbons (Fsp3) is 0.304. The first kappa shape index (κ1) is 19.9. The van der Waals surface area contributed by atoms with Gasteiger partial charge in [-0.1, -0.05) is 0 Å². The van der Waals surface area contributed by atoms with Crippen LogP contribution in [0.1, 0.15) is 35.6 Å². The molecule has 9 heteroatoms. The van der Waals surface area contributed by atoms with Gasteiger partial charge in [0.1, 0.15) is 6.54 Å². The smallest absolute Gasteiger partial charge is 0.331 e. The maximum Gasteiger partial charge on any atom is 0.331 e. The number of rotatable bonds is 6. The second kappa shape index (κ2) is 7.57. The van der Waals surface area contributed by atoms with E-state index in [-0.39, 0.29) is 18.5 Å². The summed E-state index contributed by atoms with van der Waals surface area (Å²) in [6.45, 7) is 0.470. The van der Waals surface area contributed by atoms with Crippen molar-refractivity contribution >= 4 is 34.6 Å². The van der Waals surface area contributed by atoms with Crippen LogP contribution in [0.15, 0.2) is 36.7 Å². The van der Waals surface area contributed by atoms with Gasteiger partial charge in [0.15, 0.2) is 5.65 Å². The third kappa shape index (κ3) is 3.50. The Morgan fingerprint density at radius 1 is 1.16 bits per heavy atom. The Morgan fingerprint density at radius 3 is 2.59 bits per heavy atom. The highest BCUT2D eigenvalue weighted by Gasteiger charge is 2.36. The number of amides is 3. The molecule has 9 nitrogen and oxygen atoms in total. The van der Waals surface area contributed by atoms with Crippen molar-refractivity contribution in [1.29, 1.82) is 5.26 Å². The maximum absolute atomic E-state index is 12.6. The maximum atomic E-state index is 12.6. The van der Waals surface area contributed by atoms with Crippen molar-refractivity contribution < 1.29 is 9.59 Å². The molecule has 1 aliphatic heterocycles. The summed E-state index contributed by atoms with van der Waals surface area (Å²) in [5.41, 5.74) is 5.47. The monoisotopic (exact) mass is 429 g/mol. The number of carbonyl (C=O) groups is 2. The highest BCUT2D eigenvalue weighted by molar-refractivity contribution is 6.13. The molecule has 1 saturated heterocycles. The second-order valence-electron chi connectivity index (χ2n) is 8.23. The lowest BCUT2D eigenvalue weighted by atomic mass is 10.1. The molecule has 2 fully saturated rings. The van der Waals surface area contributed by atoms with Crippen molar-refractivity contribution in [3.8, 4) is 6.07 Å². The molecule has 0 atom stereocenters. The van der Waals surface area contributed by atoms with Crippen LogP contribution in [0.25, 0.3) is 5.65 Å². The first-order chi connectivity index (χ1) is 15.5. The van der Waals surface area contributed by atoms with Crippen LogP contribution >= 0.6 is 0 Å². The van der Waals surface area contributed by atoms with Crippen molar-refractivity contribution in [2.24, 2.45) is 0 Å². The van der Waals surface area contributed by atoms with E-state index in [9.17, 15) is 14.9 Å². The fourth-order valence-electron chi connectivity index (χ4n) is 3.99. The number of aromatic nitrogens is 2. The van der Waals surface area contributed by atoms with Crippen molar-refractivity contribution in [3.63, 3.8) is 0 Å². The predicted molar refractivity (Wildman–Crippen MR) is 121 cm³/mol. The quantitative estimate of drug-likeness (QED) is 0.583. The summed E-state index contributed by atoms with van der Waals surface area (Å²) >= 11 is 0. The first-order valence-corrected chi connectivity index (χ1v) is 10.5. The van der Waals surface area contributed by atoms with E-state index in [0.29, 0.717) is 29.4 Å². The van der Waals surface area contributed by atoms with E-state index in [1.165, 1.54) is 11.9 Å². The van der Waals surface area contributed by atoms with Gasteiger partial charge in [-0.3, -0.25) is 14.6 Å². The number of carbonyl (C=O) groups excluding carboxylic acids is 2. The van der Waals surface area contributed by atoms with Crippen LogP contribution in [0, 0.1) is 11.3 Å². The molecule has 0 bridgehead atoms. The number of imide groups is 1. The Balaban J connectivity index is 1.48. The normalized spacial score (nSPS) is 16.0. The zero-order valence-electron chi connectivity index (χ0n) is 17.9. The van der Waals surface area contributed by atoms with Crippen LogP contribution in [0.5, 0.6) is 0 Å². The molecule has 1 aliphatic carbocycles. The lowest BCUT2D eigenvalue weighted by molar-refractivity contribution is -0.123. The Labute approximate surface area is 185 Å². The molecule has 0 unspecified atom stereocenters. The fourth-order valence-corrected chi connectivity index (χ4v) is 3.99. The molecule has 0 radical (unpaired) electrons. The first-order valence-electron chi connectivity index (χ1n) is 10.5. The molecule has 3 heterocycles. The van der Waals surface area contributed by atoms with E-state index in [0.717, 1.165) is 40.4 Å². The molecule has 2 N–H and O–H groups in total. The Kier molecular flexibility index (Phi) is 4.70. The van der Waals surface area contributed by atoms with Gasteiger partial charge in [0.25, 0.3) is 0 Å². The predicted octanol–water partition coefficient (Wildman–Crippen LogP) is 3.14. The SMILES string of the molecule is CNc1cc(C#N)cc(NCc2cn3cc(C4CC4)cc(N4CC(=O)N(C)C4=O)c3n2)c1. The van der Waals surface area contributed by atoms with Gasteiger partial charge in [0, 0.05) is 37.9 Å². The van der Waals surface area contributed by atoms with Gasteiger partial charge >= 0.3 is 6.03 Å². The van der Waals surface area contributed by atoms with Gasteiger partial charge in [0.2, 0.25) is 5.91 Å². The Hall–Kier alpha value is -4.06. The number of nitrogens with zero attached hydrogens (tertiary/aromatic N) is 5. The number of nitriles is 1. The topological polar surface area (TPSA) is 106 Å². The van der Waals surface area contributed by atoms with Gasteiger partial charge < -0.3 is 15.0 Å². The minimum absolute atomic E-state index is 0.0211. The molecule has 32 heavy (non-hydrogen) atoms.